The van der Waals surface area contributed by atoms with Crippen LogP contribution in [0.1, 0.15) is 31.2 Å². The van der Waals surface area contributed by atoms with Crippen LogP contribution >= 0.6 is 0 Å². The topological polar surface area (TPSA) is 64.1 Å². The molecular weight excluding hydrogens is 342 g/mol. The Bertz CT molecular complexity index is 545. The Hall–Kier alpha value is -1.79. The first-order valence-electron chi connectivity index (χ1n) is 10.0. The van der Waals surface area contributed by atoms with E-state index in [1.807, 2.05) is 12.1 Å². The molecule has 2 N–H and O–H groups in total. The van der Waals surface area contributed by atoms with Crippen molar-refractivity contribution < 1.29 is 14.2 Å². The fourth-order valence-electron chi connectivity index (χ4n) is 3.09. The molecule has 1 aromatic carbocycles. The highest BCUT2D eigenvalue weighted by Gasteiger charge is 2.13. The summed E-state index contributed by atoms with van der Waals surface area (Å²) < 4.78 is 16.4. The number of ether oxygens (including phenoxy) is 3. The lowest BCUT2D eigenvalue weighted by atomic mass is 10.0. The molecule has 1 aromatic rings. The minimum atomic E-state index is 0.672. The molecule has 1 aliphatic heterocycles. The highest BCUT2D eigenvalue weighted by Crippen LogP contribution is 2.15. The molecule has 0 amide bonds. The van der Waals surface area contributed by atoms with Gasteiger partial charge in [0.2, 0.25) is 0 Å². The van der Waals surface area contributed by atoms with Crippen LogP contribution < -0.4 is 15.4 Å². The van der Waals surface area contributed by atoms with E-state index in [2.05, 4.69) is 27.8 Å². The number of hydrogen-bond donors (Lipinski definition) is 2. The molecule has 0 spiro atoms. The zero-order chi connectivity index (χ0) is 19.2. The van der Waals surface area contributed by atoms with Crippen molar-refractivity contribution in [3.8, 4) is 5.75 Å². The number of methoxy groups -OCH3 is 1. The summed E-state index contributed by atoms with van der Waals surface area (Å²) in [5.41, 5.74) is 1.29. The highest BCUT2D eigenvalue weighted by molar-refractivity contribution is 5.79. The van der Waals surface area contributed by atoms with Crippen molar-refractivity contribution in [3.05, 3.63) is 29.8 Å². The van der Waals surface area contributed by atoms with Gasteiger partial charge < -0.3 is 24.8 Å². The molecule has 6 heteroatoms. The average molecular weight is 378 g/mol. The molecule has 27 heavy (non-hydrogen) atoms. The molecule has 0 saturated carbocycles. The van der Waals surface area contributed by atoms with Crippen LogP contribution in [0.2, 0.25) is 0 Å². The first-order valence-corrected chi connectivity index (χ1v) is 10.0. The molecule has 1 fully saturated rings. The van der Waals surface area contributed by atoms with Crippen LogP contribution in [0.4, 0.5) is 0 Å². The maximum atomic E-state index is 5.79. The first-order chi connectivity index (χ1) is 13.3. The fraction of sp³-hybridized carbons (Fsp3) is 0.667. The van der Waals surface area contributed by atoms with Crippen molar-refractivity contribution >= 4 is 5.96 Å². The molecule has 1 saturated heterocycles. The third kappa shape index (κ3) is 9.11. The minimum Gasteiger partial charge on any atom is -0.497 e. The van der Waals surface area contributed by atoms with Gasteiger partial charge in [-0.1, -0.05) is 12.1 Å². The van der Waals surface area contributed by atoms with Crippen LogP contribution in [0.5, 0.6) is 5.75 Å². The third-order valence-electron chi connectivity index (χ3n) is 4.74. The Morgan fingerprint density at radius 1 is 1.19 bits per heavy atom. The molecule has 152 valence electrons. The van der Waals surface area contributed by atoms with Gasteiger partial charge in [-0.25, -0.2) is 0 Å². The Morgan fingerprint density at radius 2 is 1.96 bits per heavy atom. The Labute approximate surface area is 163 Å². The second-order valence-corrected chi connectivity index (χ2v) is 6.87. The normalized spacial score (nSPS) is 15.6. The summed E-state index contributed by atoms with van der Waals surface area (Å²) in [7, 11) is 3.51. The van der Waals surface area contributed by atoms with Crippen molar-refractivity contribution in [2.24, 2.45) is 10.9 Å². The average Bonchev–Trinajstić information content (AvgIpc) is 2.73. The first kappa shape index (κ1) is 21.5. The summed E-state index contributed by atoms with van der Waals surface area (Å²) in [5, 5.41) is 6.71. The molecular formula is C21H35N3O3. The predicted octanol–water partition coefficient (Wildman–Crippen LogP) is 2.63. The second kappa shape index (κ2) is 13.4. The van der Waals surface area contributed by atoms with E-state index < -0.39 is 0 Å². The van der Waals surface area contributed by atoms with Crippen molar-refractivity contribution in [1.29, 1.82) is 0 Å². The van der Waals surface area contributed by atoms with E-state index in [-0.39, 0.29) is 0 Å². The quantitative estimate of drug-likeness (QED) is 0.353. The summed E-state index contributed by atoms with van der Waals surface area (Å²) in [6.45, 7) is 5.17. The minimum absolute atomic E-state index is 0.672. The summed E-state index contributed by atoms with van der Waals surface area (Å²) >= 11 is 0. The lowest BCUT2D eigenvalue weighted by Gasteiger charge is -2.21. The van der Waals surface area contributed by atoms with Gasteiger partial charge in [0.15, 0.2) is 5.96 Å². The molecule has 0 unspecified atom stereocenters. The maximum absolute atomic E-state index is 5.79. The summed E-state index contributed by atoms with van der Waals surface area (Å²) in [6.07, 6.45) is 5.30. The number of aryl methyl sites for hydroxylation is 1. The number of hydrogen-bond acceptors (Lipinski definition) is 4. The molecule has 1 heterocycles. The highest BCUT2D eigenvalue weighted by atomic mass is 16.5. The summed E-state index contributed by atoms with van der Waals surface area (Å²) in [6, 6.07) is 8.23. The van der Waals surface area contributed by atoms with E-state index in [0.29, 0.717) is 5.92 Å². The Kier molecular flexibility index (Phi) is 10.7. The van der Waals surface area contributed by atoms with Crippen LogP contribution in [0.25, 0.3) is 0 Å². The smallest absolute Gasteiger partial charge is 0.190 e. The van der Waals surface area contributed by atoms with Gasteiger partial charge >= 0.3 is 0 Å². The van der Waals surface area contributed by atoms with Crippen LogP contribution in [0, 0.1) is 5.92 Å². The Balaban J connectivity index is 1.48. The van der Waals surface area contributed by atoms with Crippen LogP contribution in [-0.2, 0) is 15.9 Å². The van der Waals surface area contributed by atoms with E-state index in [9.17, 15) is 0 Å². The number of nitrogens with zero attached hydrogens (tertiary/aromatic N) is 1. The van der Waals surface area contributed by atoms with Gasteiger partial charge in [-0.2, -0.15) is 0 Å². The van der Waals surface area contributed by atoms with E-state index >= 15 is 0 Å². The van der Waals surface area contributed by atoms with Gasteiger partial charge in [-0.15, -0.1) is 0 Å². The largest absolute Gasteiger partial charge is 0.497 e. The lowest BCUT2D eigenvalue weighted by molar-refractivity contribution is 0.0203. The number of nitrogens with one attached hydrogen (secondary N) is 2. The number of aliphatic imine (C=N–C) groups is 1. The molecule has 0 aliphatic carbocycles. The second-order valence-electron chi connectivity index (χ2n) is 6.87. The molecule has 2 rings (SSSR count). The van der Waals surface area contributed by atoms with Gasteiger partial charge in [0, 0.05) is 46.6 Å². The number of guanidine groups is 1. The van der Waals surface area contributed by atoms with E-state index in [1.54, 1.807) is 14.2 Å². The molecule has 0 atom stereocenters. The van der Waals surface area contributed by atoms with Gasteiger partial charge in [0.1, 0.15) is 5.75 Å². The molecule has 0 aromatic heterocycles. The van der Waals surface area contributed by atoms with Crippen molar-refractivity contribution in [1.82, 2.24) is 10.6 Å². The predicted molar refractivity (Wildman–Crippen MR) is 110 cm³/mol. The molecule has 0 radical (unpaired) electrons. The third-order valence-corrected chi connectivity index (χ3v) is 4.74. The Morgan fingerprint density at radius 3 is 2.70 bits per heavy atom. The van der Waals surface area contributed by atoms with Gasteiger partial charge in [-0.05, 0) is 55.7 Å². The standard InChI is InChI=1S/C21H35N3O3/c1-22-21(23-11-4-7-18-6-3-8-20(16-18)25-2)24-12-5-13-27-17-19-9-14-26-15-10-19/h3,6,8,16,19H,4-5,7,9-15,17H2,1-2H3,(H2,22,23,24). The molecule has 0 bridgehead atoms. The summed E-state index contributed by atoms with van der Waals surface area (Å²) in [4.78, 5) is 4.27. The zero-order valence-corrected chi connectivity index (χ0v) is 16.8. The van der Waals surface area contributed by atoms with Gasteiger partial charge in [0.05, 0.1) is 7.11 Å². The van der Waals surface area contributed by atoms with Crippen LogP contribution in [0.15, 0.2) is 29.3 Å². The van der Waals surface area contributed by atoms with Crippen molar-refractivity contribution in [3.63, 3.8) is 0 Å². The fourth-order valence-corrected chi connectivity index (χ4v) is 3.09. The van der Waals surface area contributed by atoms with E-state index in [1.165, 1.54) is 5.56 Å². The summed E-state index contributed by atoms with van der Waals surface area (Å²) in [5.74, 6) is 2.44. The van der Waals surface area contributed by atoms with E-state index in [0.717, 1.165) is 83.3 Å². The maximum Gasteiger partial charge on any atom is 0.190 e. The van der Waals surface area contributed by atoms with E-state index in [4.69, 9.17) is 14.2 Å². The SMILES string of the molecule is CN=C(NCCCOCC1CCOCC1)NCCCc1cccc(OC)c1. The van der Waals surface area contributed by atoms with Gasteiger partial charge in [-0.3, -0.25) is 4.99 Å². The molecule has 1 aliphatic rings. The number of rotatable bonds is 11. The number of benzene rings is 1. The molecule has 6 nitrogen and oxygen atoms in total. The lowest BCUT2D eigenvalue weighted by Crippen LogP contribution is -2.38. The monoisotopic (exact) mass is 377 g/mol. The van der Waals surface area contributed by atoms with Crippen LogP contribution in [0.3, 0.4) is 0 Å². The zero-order valence-electron chi connectivity index (χ0n) is 16.8. The van der Waals surface area contributed by atoms with Gasteiger partial charge in [0.25, 0.3) is 0 Å². The van der Waals surface area contributed by atoms with Crippen molar-refractivity contribution in [2.75, 3.05) is 53.7 Å². The van der Waals surface area contributed by atoms with Crippen molar-refractivity contribution in [2.45, 2.75) is 32.1 Å². The van der Waals surface area contributed by atoms with Crippen LogP contribution in [-0.4, -0.2) is 59.6 Å².